The first-order valence-corrected chi connectivity index (χ1v) is 12.5. The van der Waals surface area contributed by atoms with Crippen LogP contribution in [0.25, 0.3) is 21.9 Å². The highest BCUT2D eigenvalue weighted by Gasteiger charge is 2.46. The summed E-state index contributed by atoms with van der Waals surface area (Å²) >= 11 is 0. The van der Waals surface area contributed by atoms with E-state index in [0.717, 1.165) is 28.5 Å². The van der Waals surface area contributed by atoms with E-state index in [1.165, 1.54) is 17.2 Å². The van der Waals surface area contributed by atoms with E-state index in [2.05, 4.69) is 31.7 Å². The van der Waals surface area contributed by atoms with Gasteiger partial charge in [-0.15, -0.1) is 0 Å². The number of anilines is 1. The Morgan fingerprint density at radius 3 is 2.55 bits per heavy atom. The van der Waals surface area contributed by atoms with Crippen molar-refractivity contribution in [2.24, 2.45) is 0 Å². The minimum Gasteiger partial charge on any atom is -0.394 e. The molecule has 3 heterocycles. The van der Waals surface area contributed by atoms with Crippen LogP contribution in [0.5, 0.6) is 0 Å². The second-order valence-electron chi connectivity index (χ2n) is 9.48. The van der Waals surface area contributed by atoms with Gasteiger partial charge in [-0.25, -0.2) is 23.7 Å². The molecule has 10 nitrogen and oxygen atoms in total. The molecule has 0 unspecified atom stereocenters. The van der Waals surface area contributed by atoms with Crippen molar-refractivity contribution in [3.8, 4) is 0 Å². The molecule has 0 bridgehead atoms. The molecule has 1 fully saturated rings. The highest BCUT2D eigenvalue weighted by atomic mass is 19.1. The third-order valence-electron chi connectivity index (χ3n) is 6.88. The molecule has 4 N–H and O–H groups in total. The summed E-state index contributed by atoms with van der Waals surface area (Å²) in [6.45, 7) is -0.0588. The monoisotopic (exact) mass is 546 g/mol. The number of benzene rings is 3. The number of nitrogens with one attached hydrogen (secondary N) is 2. The first kappa shape index (κ1) is 25.7. The second-order valence-corrected chi connectivity index (χ2v) is 9.48. The Bertz CT molecular complexity index is 1690. The fourth-order valence-electron chi connectivity index (χ4n) is 4.91. The van der Waals surface area contributed by atoms with E-state index in [1.54, 1.807) is 0 Å². The lowest BCUT2D eigenvalue weighted by atomic mass is 10.1. The highest BCUT2D eigenvalue weighted by Crippen LogP contribution is 2.32. The number of halogens is 2. The van der Waals surface area contributed by atoms with Crippen molar-refractivity contribution in [1.29, 1.82) is 0 Å². The minimum absolute atomic E-state index is 0.270. The number of hydrogen-bond acceptors (Lipinski definition) is 8. The van der Waals surface area contributed by atoms with Crippen molar-refractivity contribution >= 4 is 33.7 Å². The number of imidazole rings is 1. The van der Waals surface area contributed by atoms with Crippen LogP contribution in [-0.4, -0.2) is 60.5 Å². The zero-order valence-corrected chi connectivity index (χ0v) is 20.9. The smallest absolute Gasteiger partial charge is 0.251 e. The van der Waals surface area contributed by atoms with Crippen LogP contribution in [-0.2, 0) is 11.3 Å². The maximum absolute atomic E-state index is 13.7. The number of rotatable bonds is 7. The van der Waals surface area contributed by atoms with E-state index in [9.17, 15) is 23.8 Å². The molecule has 40 heavy (non-hydrogen) atoms. The van der Waals surface area contributed by atoms with Crippen LogP contribution in [0.4, 0.5) is 14.6 Å². The van der Waals surface area contributed by atoms with Crippen molar-refractivity contribution in [2.45, 2.75) is 31.0 Å². The first-order valence-electron chi connectivity index (χ1n) is 12.5. The average molecular weight is 547 g/mol. The predicted molar refractivity (Wildman–Crippen MR) is 141 cm³/mol. The van der Waals surface area contributed by atoms with Crippen molar-refractivity contribution in [3.05, 3.63) is 96.1 Å². The lowest BCUT2D eigenvalue weighted by Crippen LogP contribution is -2.46. The maximum Gasteiger partial charge on any atom is 0.251 e. The summed E-state index contributed by atoms with van der Waals surface area (Å²) in [6.07, 6.45) is -0.630. The standard InChI is InChI=1S/C28H24F2N6O4/c29-19-8-18(9-20(30)10-19)27(39)35-22-24(38)21(12-37)40-28(22)36-14-34-23-25(32-13-33-26(23)36)31-11-15-5-6-16-3-1-2-4-17(16)7-15/h1-10,13-14,21-22,24,28,37-38H,11-12H2,(H,35,39)(H,31,32,33)/t21-,22-,24-,28-/m1/s1. The van der Waals surface area contributed by atoms with Crippen molar-refractivity contribution in [2.75, 3.05) is 11.9 Å². The Balaban J connectivity index is 1.27. The molecule has 1 aliphatic rings. The summed E-state index contributed by atoms with van der Waals surface area (Å²) in [7, 11) is 0. The van der Waals surface area contributed by atoms with E-state index in [0.29, 0.717) is 29.6 Å². The van der Waals surface area contributed by atoms with E-state index in [4.69, 9.17) is 4.74 Å². The average Bonchev–Trinajstić information content (AvgIpc) is 3.52. The molecule has 1 amide bonds. The number of aliphatic hydroxyl groups excluding tert-OH is 2. The number of carbonyl (C=O) groups is 1. The Kier molecular flexibility index (Phi) is 6.80. The molecular weight excluding hydrogens is 522 g/mol. The largest absolute Gasteiger partial charge is 0.394 e. The van der Waals surface area contributed by atoms with Crippen molar-refractivity contribution in [3.63, 3.8) is 0 Å². The van der Waals surface area contributed by atoms with Crippen LogP contribution in [0.2, 0.25) is 0 Å². The van der Waals surface area contributed by atoms with Gasteiger partial charge in [0.15, 0.2) is 23.2 Å². The fourth-order valence-corrected chi connectivity index (χ4v) is 4.91. The van der Waals surface area contributed by atoms with Gasteiger partial charge in [0.25, 0.3) is 5.91 Å². The molecule has 4 atom stereocenters. The Morgan fingerprint density at radius 1 is 1.00 bits per heavy atom. The highest BCUT2D eigenvalue weighted by molar-refractivity contribution is 5.94. The summed E-state index contributed by atoms with van der Waals surface area (Å²) in [5.41, 5.74) is 1.54. The Hall–Kier alpha value is -4.52. The number of hydrogen-bond donors (Lipinski definition) is 4. The zero-order chi connectivity index (χ0) is 27.8. The van der Waals surface area contributed by atoms with Crippen LogP contribution in [0.1, 0.15) is 22.1 Å². The van der Waals surface area contributed by atoms with Gasteiger partial charge in [0.1, 0.15) is 36.2 Å². The molecule has 3 aromatic carbocycles. The molecule has 0 saturated carbocycles. The molecule has 12 heteroatoms. The number of carbonyl (C=O) groups excluding carboxylic acids is 1. The number of nitrogens with zero attached hydrogens (tertiary/aromatic N) is 4. The van der Waals surface area contributed by atoms with Gasteiger partial charge in [0.2, 0.25) is 0 Å². The maximum atomic E-state index is 13.7. The van der Waals surface area contributed by atoms with Crippen LogP contribution in [0.15, 0.2) is 73.3 Å². The van der Waals surface area contributed by atoms with Gasteiger partial charge in [-0.05, 0) is 34.5 Å². The number of aliphatic hydroxyl groups is 2. The normalized spacial score (nSPS) is 20.7. The fraction of sp³-hybridized carbons (Fsp3) is 0.214. The number of aromatic nitrogens is 4. The second kappa shape index (κ2) is 10.6. The first-order chi connectivity index (χ1) is 19.4. The summed E-state index contributed by atoms with van der Waals surface area (Å²) in [5.74, 6) is -2.20. The molecule has 1 aliphatic heterocycles. The topological polar surface area (TPSA) is 134 Å². The van der Waals surface area contributed by atoms with Crippen LogP contribution >= 0.6 is 0 Å². The third-order valence-corrected chi connectivity index (χ3v) is 6.88. The summed E-state index contributed by atoms with van der Waals surface area (Å²) < 4.78 is 34.7. The number of amides is 1. The summed E-state index contributed by atoms with van der Waals surface area (Å²) in [6, 6.07) is 15.5. The lowest BCUT2D eigenvalue weighted by Gasteiger charge is -2.23. The Morgan fingerprint density at radius 2 is 1.77 bits per heavy atom. The zero-order valence-electron chi connectivity index (χ0n) is 20.9. The van der Waals surface area contributed by atoms with Crippen LogP contribution in [0, 0.1) is 11.6 Å². The van der Waals surface area contributed by atoms with E-state index < -0.39 is 48.6 Å². The van der Waals surface area contributed by atoms with E-state index in [1.807, 2.05) is 36.4 Å². The Labute approximate surface area is 226 Å². The van der Waals surface area contributed by atoms with Gasteiger partial charge in [-0.1, -0.05) is 36.4 Å². The predicted octanol–water partition coefficient (Wildman–Crippen LogP) is 2.92. The number of fused-ring (bicyclic) bond motifs is 2. The summed E-state index contributed by atoms with van der Waals surface area (Å²) in [5, 5.41) is 28.7. The quantitative estimate of drug-likeness (QED) is 0.245. The molecular formula is C28H24F2N6O4. The van der Waals surface area contributed by atoms with Gasteiger partial charge >= 0.3 is 0 Å². The van der Waals surface area contributed by atoms with E-state index >= 15 is 0 Å². The van der Waals surface area contributed by atoms with Crippen molar-refractivity contribution < 1.29 is 28.5 Å². The summed E-state index contributed by atoms with van der Waals surface area (Å²) in [4.78, 5) is 25.9. The lowest BCUT2D eigenvalue weighted by molar-refractivity contribution is -0.0440. The molecule has 2 aromatic heterocycles. The van der Waals surface area contributed by atoms with Gasteiger partial charge in [0, 0.05) is 18.2 Å². The van der Waals surface area contributed by atoms with Crippen LogP contribution in [0.3, 0.4) is 0 Å². The molecule has 0 aliphatic carbocycles. The molecule has 1 saturated heterocycles. The van der Waals surface area contributed by atoms with Gasteiger partial charge in [-0.2, -0.15) is 0 Å². The number of ether oxygens (including phenoxy) is 1. The molecule has 6 rings (SSSR count). The van der Waals surface area contributed by atoms with Crippen molar-refractivity contribution in [1.82, 2.24) is 24.8 Å². The van der Waals surface area contributed by atoms with E-state index in [-0.39, 0.29) is 5.56 Å². The minimum atomic E-state index is -1.33. The SMILES string of the molecule is O=C(N[C@@H]1[C@H](O)[C@@H](CO)O[C@H]1n1cnc2c(NCc3ccc4ccccc4c3)ncnc21)c1cc(F)cc(F)c1. The molecule has 204 valence electrons. The van der Waals surface area contributed by atoms with Gasteiger partial charge in [0.05, 0.1) is 12.9 Å². The molecule has 0 radical (unpaired) electrons. The molecule has 0 spiro atoms. The molecule has 5 aromatic rings. The third kappa shape index (κ3) is 4.83. The van der Waals surface area contributed by atoms with Gasteiger partial charge < -0.3 is 25.6 Å². The van der Waals surface area contributed by atoms with Gasteiger partial charge in [-0.3, -0.25) is 9.36 Å². The van der Waals surface area contributed by atoms with Crippen LogP contribution < -0.4 is 10.6 Å².